The van der Waals surface area contributed by atoms with Crippen LogP contribution in [0, 0.1) is 36.5 Å². The highest BCUT2D eigenvalue weighted by Gasteiger charge is 2.39. The van der Waals surface area contributed by atoms with Crippen LogP contribution in [0.25, 0.3) is 11.1 Å². The van der Waals surface area contributed by atoms with Crippen molar-refractivity contribution >= 4 is 0 Å². The van der Waals surface area contributed by atoms with E-state index in [4.69, 9.17) is 5.21 Å². The van der Waals surface area contributed by atoms with Crippen molar-refractivity contribution in [2.75, 3.05) is 0 Å². The second kappa shape index (κ2) is 11.0. The van der Waals surface area contributed by atoms with Crippen LogP contribution in [0.4, 0.5) is 0 Å². The van der Waals surface area contributed by atoms with Gasteiger partial charge in [-0.3, -0.25) is 0 Å². The Balaban J connectivity index is 1.49. The third-order valence-electron chi connectivity index (χ3n) is 7.98. The van der Waals surface area contributed by atoms with E-state index < -0.39 is 5.54 Å². The molecule has 0 saturated heterocycles. The first-order chi connectivity index (χ1) is 20.6. The number of aromatic nitrogens is 4. The van der Waals surface area contributed by atoms with Crippen molar-refractivity contribution in [2.45, 2.75) is 25.9 Å². The molecule has 0 spiro atoms. The maximum atomic E-state index is 10.1. The highest BCUT2D eigenvalue weighted by atomic mass is 15.5. The summed E-state index contributed by atoms with van der Waals surface area (Å²) in [5.41, 5.74) is 8.06. The zero-order valence-electron chi connectivity index (χ0n) is 23.4. The van der Waals surface area contributed by atoms with Gasteiger partial charge < -0.3 is 4.57 Å². The van der Waals surface area contributed by atoms with Crippen LogP contribution in [0.1, 0.15) is 44.9 Å². The Hall–Kier alpha value is -5.72. The van der Waals surface area contributed by atoms with Gasteiger partial charge in [0, 0.05) is 17.0 Å². The van der Waals surface area contributed by atoms with Crippen molar-refractivity contribution in [1.29, 1.82) is 10.5 Å². The molecule has 0 N–H and O–H groups in total. The Labute approximate surface area is 245 Å². The first-order valence-corrected chi connectivity index (χ1v) is 13.8. The third-order valence-corrected chi connectivity index (χ3v) is 7.98. The normalized spacial score (nSPS) is 11.1. The van der Waals surface area contributed by atoms with E-state index in [1.807, 2.05) is 55.1 Å². The van der Waals surface area contributed by atoms with Gasteiger partial charge in [0.15, 0.2) is 0 Å². The minimum atomic E-state index is -0.749. The Morgan fingerprint density at radius 2 is 1.19 bits per heavy atom. The third kappa shape index (κ3) is 4.36. The van der Waals surface area contributed by atoms with E-state index in [0.29, 0.717) is 17.7 Å². The average molecular weight is 545 g/mol. The topological polar surface area (TPSA) is 83.2 Å². The van der Waals surface area contributed by atoms with E-state index in [2.05, 4.69) is 94.6 Å². The zero-order valence-corrected chi connectivity index (χ0v) is 23.4. The number of nitriles is 2. The maximum absolute atomic E-state index is 10.1. The first-order valence-electron chi connectivity index (χ1n) is 13.8. The van der Waals surface area contributed by atoms with Crippen molar-refractivity contribution in [3.05, 3.63) is 166 Å². The van der Waals surface area contributed by atoms with E-state index in [9.17, 15) is 10.5 Å². The van der Waals surface area contributed by atoms with E-state index in [0.717, 1.165) is 44.9 Å². The minimum absolute atomic E-state index is 0.455. The summed E-state index contributed by atoms with van der Waals surface area (Å²) in [6.45, 7) is 4.44. The van der Waals surface area contributed by atoms with Gasteiger partial charge in [-0.1, -0.05) is 108 Å². The lowest BCUT2D eigenvalue weighted by Crippen LogP contribution is -2.38. The van der Waals surface area contributed by atoms with Crippen LogP contribution < -0.4 is 0 Å². The summed E-state index contributed by atoms with van der Waals surface area (Å²) >= 11 is 0. The van der Waals surface area contributed by atoms with Crippen LogP contribution in [0.2, 0.25) is 0 Å². The van der Waals surface area contributed by atoms with Crippen LogP contribution >= 0.6 is 0 Å². The minimum Gasteiger partial charge on any atom is -0.341 e. The number of benzene rings is 4. The molecule has 42 heavy (non-hydrogen) atoms. The molecule has 0 unspecified atom stereocenters. The summed E-state index contributed by atoms with van der Waals surface area (Å²) in [7, 11) is 0. The van der Waals surface area contributed by atoms with Crippen molar-refractivity contribution in [3.63, 3.8) is 0 Å². The van der Waals surface area contributed by atoms with Crippen molar-refractivity contribution in [3.8, 4) is 23.3 Å². The molecular weight excluding hydrogens is 516 g/mol. The summed E-state index contributed by atoms with van der Waals surface area (Å²) in [6.07, 6.45) is 2.01. The molecule has 0 fully saturated rings. The van der Waals surface area contributed by atoms with Gasteiger partial charge in [0.2, 0.25) is 0 Å². The molecule has 0 amide bonds. The molecule has 202 valence electrons. The summed E-state index contributed by atoms with van der Waals surface area (Å²) in [5, 5.41) is 28.8. The fourth-order valence-corrected chi connectivity index (χ4v) is 5.95. The number of rotatable bonds is 7. The van der Waals surface area contributed by atoms with Crippen LogP contribution in [0.15, 0.2) is 121 Å². The highest BCUT2D eigenvalue weighted by molar-refractivity contribution is 5.75. The molecule has 0 saturated carbocycles. The van der Waals surface area contributed by atoms with Gasteiger partial charge in [-0.05, 0) is 48.2 Å². The number of nitrogens with zero attached hydrogens (tertiary/aromatic N) is 6. The molecule has 0 aliphatic rings. The molecule has 6 aromatic rings. The molecule has 0 bridgehead atoms. The van der Waals surface area contributed by atoms with Crippen molar-refractivity contribution < 1.29 is 0 Å². The Kier molecular flexibility index (Phi) is 6.97. The second-order valence-corrected chi connectivity index (χ2v) is 10.3. The molecule has 2 aromatic heterocycles. The average Bonchev–Trinajstić information content (AvgIpc) is 3.61. The summed E-state index contributed by atoms with van der Waals surface area (Å²) in [6, 6.07) is 43.1. The molecule has 2 heterocycles. The molecular formula is C36H28N6. The van der Waals surface area contributed by atoms with Crippen molar-refractivity contribution in [1.82, 2.24) is 19.6 Å². The quantitative estimate of drug-likeness (QED) is 0.203. The molecule has 6 rings (SSSR count). The zero-order chi connectivity index (χ0) is 29.1. The lowest BCUT2D eigenvalue weighted by molar-refractivity contribution is 0.446. The van der Waals surface area contributed by atoms with E-state index in [1.54, 1.807) is 12.1 Å². The summed E-state index contributed by atoms with van der Waals surface area (Å²) in [4.78, 5) is 0. The number of hydrogen-bond acceptors (Lipinski definition) is 4. The highest BCUT2D eigenvalue weighted by Crippen LogP contribution is 2.40. The standard InChI is InChI=1S/C36H28N6/c1-26-34(23-38)35(29-20-18-28(22-37)19-21-29)27(2)41(26)24-33-25-42(40-39-33)36(30-12-6-3-7-13-30,31-14-8-4-9-15-31)32-16-10-5-11-17-32/h3-21,25H,24H2,1-2H3. The molecule has 0 aliphatic carbocycles. The van der Waals surface area contributed by atoms with Crippen LogP contribution in [-0.4, -0.2) is 19.6 Å². The molecule has 4 aromatic carbocycles. The van der Waals surface area contributed by atoms with Crippen LogP contribution in [-0.2, 0) is 12.1 Å². The maximum Gasteiger partial charge on any atom is 0.139 e. The lowest BCUT2D eigenvalue weighted by atomic mass is 9.77. The number of hydrogen-bond donors (Lipinski definition) is 0. The summed E-state index contributed by atoms with van der Waals surface area (Å²) < 4.78 is 4.08. The fourth-order valence-electron chi connectivity index (χ4n) is 5.95. The molecule has 0 atom stereocenters. The SMILES string of the molecule is Cc1c(C#N)c(-c2ccc(C#N)cc2)c(C)n1Cc1cn(C(c2ccccc2)(c2ccccc2)c2ccccc2)nn1. The second-order valence-electron chi connectivity index (χ2n) is 10.3. The molecule has 6 nitrogen and oxygen atoms in total. The van der Waals surface area contributed by atoms with E-state index in [-0.39, 0.29) is 0 Å². The smallest absolute Gasteiger partial charge is 0.139 e. The predicted molar refractivity (Wildman–Crippen MR) is 163 cm³/mol. The summed E-state index contributed by atoms with van der Waals surface area (Å²) in [5.74, 6) is 0. The van der Waals surface area contributed by atoms with E-state index in [1.165, 1.54) is 0 Å². The monoisotopic (exact) mass is 544 g/mol. The Bertz CT molecular complexity index is 1820. The van der Waals surface area contributed by atoms with Gasteiger partial charge in [0.25, 0.3) is 0 Å². The van der Waals surface area contributed by atoms with Crippen LogP contribution in [0.3, 0.4) is 0 Å². The van der Waals surface area contributed by atoms with Gasteiger partial charge in [0.1, 0.15) is 17.3 Å². The largest absolute Gasteiger partial charge is 0.341 e. The molecule has 6 heteroatoms. The van der Waals surface area contributed by atoms with Gasteiger partial charge in [0.05, 0.1) is 29.9 Å². The van der Waals surface area contributed by atoms with Gasteiger partial charge >= 0.3 is 0 Å². The van der Waals surface area contributed by atoms with Crippen LogP contribution in [0.5, 0.6) is 0 Å². The van der Waals surface area contributed by atoms with Gasteiger partial charge in [-0.25, -0.2) is 4.68 Å². The van der Waals surface area contributed by atoms with Gasteiger partial charge in [-0.15, -0.1) is 5.10 Å². The van der Waals surface area contributed by atoms with Gasteiger partial charge in [-0.2, -0.15) is 10.5 Å². The fraction of sp³-hybridized carbons (Fsp3) is 0.111. The predicted octanol–water partition coefficient (Wildman–Crippen LogP) is 7.00. The Morgan fingerprint density at radius 1 is 0.667 bits per heavy atom. The first kappa shape index (κ1) is 26.5. The van der Waals surface area contributed by atoms with Crippen molar-refractivity contribution in [2.24, 2.45) is 0 Å². The van der Waals surface area contributed by atoms with E-state index >= 15 is 0 Å². The molecule has 0 aliphatic heterocycles. The molecule has 0 radical (unpaired) electrons. The lowest BCUT2D eigenvalue weighted by Gasteiger charge is -2.35. The Morgan fingerprint density at radius 3 is 1.67 bits per heavy atom.